The molecule has 2 N–H and O–H groups in total. The summed E-state index contributed by atoms with van der Waals surface area (Å²) in [5, 5.41) is 3.79. The van der Waals surface area contributed by atoms with Crippen LogP contribution >= 0.6 is 11.6 Å². The van der Waals surface area contributed by atoms with E-state index in [1.165, 1.54) is 25.0 Å². The lowest BCUT2D eigenvalue weighted by atomic mass is 10.1. The predicted molar refractivity (Wildman–Crippen MR) is 130 cm³/mol. The number of rotatable bonds is 8. The maximum Gasteiger partial charge on any atom is 0.493 e. The van der Waals surface area contributed by atoms with E-state index < -0.39 is 60.4 Å². The average Bonchev–Trinajstić information content (AvgIpc) is 3.21. The number of hydrogen-bond acceptors (Lipinski definition) is 7. The van der Waals surface area contributed by atoms with E-state index in [9.17, 15) is 40.3 Å². The van der Waals surface area contributed by atoms with Gasteiger partial charge in [-0.3, -0.25) is 9.48 Å². The molecule has 41 heavy (non-hydrogen) atoms. The first-order chi connectivity index (χ1) is 19.0. The third-order valence-electron chi connectivity index (χ3n) is 5.29. The molecular weight excluding hydrogens is 593 g/mol. The van der Waals surface area contributed by atoms with E-state index in [0.29, 0.717) is 0 Å². The van der Waals surface area contributed by atoms with E-state index in [1.54, 1.807) is 0 Å². The summed E-state index contributed by atoms with van der Waals surface area (Å²) < 4.78 is 104. The number of benzene rings is 2. The van der Waals surface area contributed by atoms with Crippen molar-refractivity contribution >= 4 is 29.2 Å². The molecule has 1 heterocycles. The summed E-state index contributed by atoms with van der Waals surface area (Å²) in [7, 11) is 2.62. The highest BCUT2D eigenvalue weighted by atomic mass is 35.5. The largest absolute Gasteiger partial charge is 0.497 e. The second kappa shape index (κ2) is 12.2. The lowest BCUT2D eigenvalue weighted by Gasteiger charge is -2.24. The smallest absolute Gasteiger partial charge is 0.493 e. The minimum Gasteiger partial charge on any atom is -0.497 e. The van der Waals surface area contributed by atoms with Crippen molar-refractivity contribution < 1.29 is 54.6 Å². The highest BCUT2D eigenvalue weighted by Gasteiger charge is 2.44. The Morgan fingerprint density at radius 1 is 1.12 bits per heavy atom. The molecule has 0 saturated carbocycles. The van der Waals surface area contributed by atoms with Gasteiger partial charge < -0.3 is 20.0 Å². The Hall–Kier alpha value is -4.05. The summed E-state index contributed by atoms with van der Waals surface area (Å²) in [5.74, 6) is -5.72. The number of amides is 1. The maximum atomic E-state index is 14.7. The van der Waals surface area contributed by atoms with E-state index in [4.69, 9.17) is 26.8 Å². The fraction of sp³-hybridized carbons (Fsp3) is 0.292. The number of aromatic nitrogens is 2. The first-order valence-electron chi connectivity index (χ1n) is 11.3. The van der Waals surface area contributed by atoms with Crippen LogP contribution in [0.25, 0.3) is 11.3 Å². The van der Waals surface area contributed by atoms with Gasteiger partial charge in [0.1, 0.15) is 23.9 Å². The number of nitrogens with zero attached hydrogens (tertiary/aromatic N) is 3. The highest BCUT2D eigenvalue weighted by Crippen LogP contribution is 2.38. The number of carbonyl (C=O) groups is 2. The summed E-state index contributed by atoms with van der Waals surface area (Å²) in [4.78, 5) is 29.3. The van der Waals surface area contributed by atoms with Crippen molar-refractivity contribution in [1.29, 1.82) is 0 Å². The van der Waals surface area contributed by atoms with E-state index in [-0.39, 0.29) is 32.8 Å². The van der Waals surface area contributed by atoms with Crippen LogP contribution in [0.3, 0.4) is 0 Å². The van der Waals surface area contributed by atoms with Crippen LogP contribution in [0.5, 0.6) is 11.5 Å². The SMILES string of the molecule is COc1ccc(C(=O)N(OC(=O)C(F)(F)F)c2ccc(OCC(N)CC(F)(F)F)c(-c3c(Cl)cnn3C)c2)c(F)c1. The molecule has 0 aliphatic rings. The molecule has 3 rings (SSSR count). The van der Waals surface area contributed by atoms with Crippen LogP contribution in [0, 0.1) is 5.82 Å². The Kier molecular flexibility index (Phi) is 9.38. The molecule has 0 aliphatic carbocycles. The molecular formula is C24H20ClF7N4O5. The van der Waals surface area contributed by atoms with E-state index >= 15 is 0 Å². The molecule has 0 radical (unpaired) electrons. The number of hydrogen-bond donors (Lipinski definition) is 1. The molecule has 17 heteroatoms. The maximum absolute atomic E-state index is 14.7. The third kappa shape index (κ3) is 7.79. The van der Waals surface area contributed by atoms with Gasteiger partial charge in [0.25, 0.3) is 5.91 Å². The quantitative estimate of drug-likeness (QED) is 0.275. The van der Waals surface area contributed by atoms with Crippen LogP contribution in [0.2, 0.25) is 5.02 Å². The van der Waals surface area contributed by atoms with E-state index in [2.05, 4.69) is 9.94 Å². The molecule has 9 nitrogen and oxygen atoms in total. The number of aryl methyl sites for hydroxylation is 1. The van der Waals surface area contributed by atoms with Gasteiger partial charge in [-0.25, -0.2) is 9.18 Å². The summed E-state index contributed by atoms with van der Waals surface area (Å²) in [6, 6.07) is 4.30. The second-order valence-corrected chi connectivity index (χ2v) is 8.76. The Morgan fingerprint density at radius 3 is 2.34 bits per heavy atom. The van der Waals surface area contributed by atoms with Crippen LogP contribution < -0.4 is 20.3 Å². The zero-order valence-electron chi connectivity index (χ0n) is 21.0. The molecule has 0 aliphatic heterocycles. The van der Waals surface area contributed by atoms with Crippen molar-refractivity contribution in [3.63, 3.8) is 0 Å². The number of halogens is 8. The fourth-order valence-electron chi connectivity index (χ4n) is 3.47. The minimum atomic E-state index is -5.55. The summed E-state index contributed by atoms with van der Waals surface area (Å²) in [6.07, 6.45) is -10.3. The lowest BCUT2D eigenvalue weighted by Crippen LogP contribution is -2.39. The van der Waals surface area contributed by atoms with Crippen LogP contribution in [0.15, 0.2) is 42.6 Å². The standard InChI is InChI=1S/C24H20ClF7N4O5/c1-35-20(17(25)10-34-35)16-7-13(3-6-19(16)40-11-12(33)9-23(27,28)29)36(41-22(38)24(30,31)32)21(37)15-5-4-14(39-2)8-18(15)26/h3-8,10,12H,9,11,33H2,1-2H3. The molecule has 0 bridgehead atoms. The zero-order chi connectivity index (χ0) is 30.7. The number of methoxy groups -OCH3 is 1. The normalized spacial score (nSPS) is 12.6. The second-order valence-electron chi connectivity index (χ2n) is 8.36. The predicted octanol–water partition coefficient (Wildman–Crippen LogP) is 5.21. The molecule has 1 atom stereocenters. The number of carbonyl (C=O) groups excluding carboxylic acids is 2. The van der Waals surface area contributed by atoms with Gasteiger partial charge in [-0.1, -0.05) is 11.6 Å². The molecule has 2 aromatic carbocycles. The van der Waals surface area contributed by atoms with Crippen molar-refractivity contribution in [2.75, 3.05) is 18.8 Å². The van der Waals surface area contributed by atoms with Crippen LogP contribution in [-0.4, -0.2) is 53.8 Å². The Balaban J connectivity index is 2.12. The number of nitrogens with two attached hydrogens (primary N) is 1. The molecule has 0 spiro atoms. The van der Waals surface area contributed by atoms with E-state index in [1.807, 2.05) is 0 Å². The monoisotopic (exact) mass is 612 g/mol. The first kappa shape index (κ1) is 31.5. The Morgan fingerprint density at radius 2 is 1.80 bits per heavy atom. The lowest BCUT2D eigenvalue weighted by molar-refractivity contribution is -0.200. The van der Waals surface area contributed by atoms with Gasteiger partial charge in [0.2, 0.25) is 0 Å². The molecule has 3 aromatic rings. The molecule has 1 aromatic heterocycles. The van der Waals surface area contributed by atoms with Crippen molar-refractivity contribution in [3.05, 3.63) is 59.0 Å². The zero-order valence-corrected chi connectivity index (χ0v) is 21.8. The van der Waals surface area contributed by atoms with Crippen molar-refractivity contribution in [3.8, 4) is 22.8 Å². The summed E-state index contributed by atoms with van der Waals surface area (Å²) >= 11 is 6.20. The van der Waals surface area contributed by atoms with Crippen molar-refractivity contribution in [2.24, 2.45) is 12.8 Å². The highest BCUT2D eigenvalue weighted by molar-refractivity contribution is 6.33. The Bertz CT molecular complexity index is 1410. The van der Waals surface area contributed by atoms with Gasteiger partial charge in [-0.2, -0.15) is 31.4 Å². The molecule has 222 valence electrons. The van der Waals surface area contributed by atoms with Gasteiger partial charge >= 0.3 is 18.3 Å². The van der Waals surface area contributed by atoms with Crippen molar-refractivity contribution in [1.82, 2.24) is 9.78 Å². The van der Waals surface area contributed by atoms with Crippen LogP contribution in [0.4, 0.5) is 36.4 Å². The van der Waals surface area contributed by atoms with Gasteiger partial charge in [-0.15, -0.1) is 5.06 Å². The third-order valence-corrected chi connectivity index (χ3v) is 5.57. The molecule has 1 unspecified atom stereocenters. The number of ether oxygens (including phenoxy) is 2. The molecule has 0 fully saturated rings. The summed E-state index contributed by atoms with van der Waals surface area (Å²) in [6.45, 7) is -0.649. The minimum absolute atomic E-state index is 0.0174. The van der Waals surface area contributed by atoms with Gasteiger partial charge in [-0.05, 0) is 30.3 Å². The number of anilines is 1. The Labute approximate surface area is 232 Å². The topological polar surface area (TPSA) is 109 Å². The molecule has 1 amide bonds. The molecule has 0 saturated heterocycles. The number of alkyl halides is 6. The summed E-state index contributed by atoms with van der Waals surface area (Å²) in [5.41, 5.74) is 4.13. The van der Waals surface area contributed by atoms with Crippen molar-refractivity contribution in [2.45, 2.75) is 24.8 Å². The average molecular weight is 613 g/mol. The van der Waals surface area contributed by atoms with E-state index in [0.717, 1.165) is 36.4 Å². The number of hydroxylamine groups is 1. The van der Waals surface area contributed by atoms with Crippen LogP contribution in [-0.2, 0) is 16.7 Å². The van der Waals surface area contributed by atoms with Gasteiger partial charge in [0, 0.05) is 24.7 Å². The van der Waals surface area contributed by atoms with Gasteiger partial charge in [0.15, 0.2) is 0 Å². The fourth-order valence-corrected chi connectivity index (χ4v) is 3.74. The van der Waals surface area contributed by atoms with Gasteiger partial charge in [0.05, 0.1) is 41.7 Å². The van der Waals surface area contributed by atoms with Crippen LogP contribution in [0.1, 0.15) is 16.8 Å². The first-order valence-corrected chi connectivity index (χ1v) is 11.6.